The van der Waals surface area contributed by atoms with Crippen LogP contribution in [0.1, 0.15) is 68.7 Å². The Morgan fingerprint density at radius 2 is 1.59 bits per heavy atom. The van der Waals surface area contributed by atoms with Crippen LogP contribution in [0.5, 0.6) is 11.5 Å². The van der Waals surface area contributed by atoms with Gasteiger partial charge in [-0.3, -0.25) is 14.6 Å². The molecule has 4 heterocycles. The van der Waals surface area contributed by atoms with E-state index in [1.165, 1.54) is 12.1 Å². The summed E-state index contributed by atoms with van der Waals surface area (Å²) in [5.41, 5.74) is 5.92. The van der Waals surface area contributed by atoms with Crippen LogP contribution >= 0.6 is 0 Å². The van der Waals surface area contributed by atoms with Gasteiger partial charge in [0.2, 0.25) is 5.56 Å². The summed E-state index contributed by atoms with van der Waals surface area (Å²) in [6.45, 7) is 5.54. The van der Waals surface area contributed by atoms with Gasteiger partial charge >= 0.3 is 12.1 Å². The molecule has 2 unspecified atom stereocenters. The highest BCUT2D eigenvalue weighted by molar-refractivity contribution is 5.89. The quantitative estimate of drug-likeness (QED) is 0.0575. The van der Waals surface area contributed by atoms with Gasteiger partial charge in [-0.05, 0) is 109 Å². The summed E-state index contributed by atoms with van der Waals surface area (Å²) >= 11 is 0. The molecule has 6 aromatic rings. The van der Waals surface area contributed by atoms with Crippen molar-refractivity contribution >= 4 is 23.0 Å². The van der Waals surface area contributed by atoms with Crippen molar-refractivity contribution in [2.24, 2.45) is 5.92 Å². The number of amides is 1. The smallest absolute Gasteiger partial charge is 0.408 e. The Hall–Kier alpha value is -6.51. The fourth-order valence-corrected chi connectivity index (χ4v) is 8.57. The molecule has 1 aromatic heterocycles. The Labute approximate surface area is 372 Å². The number of carbonyl (C=O) groups excluding carboxylic acids is 2. The molecule has 332 valence electrons. The number of phenolic OH excluding ortho intramolecular Hbond substituents is 1. The average Bonchev–Trinajstić information content (AvgIpc) is 3.32. The summed E-state index contributed by atoms with van der Waals surface area (Å²) in [5.74, 6) is 0.635. The molecule has 0 spiro atoms. The molecular formula is C51H55N5O8. The molecule has 0 aliphatic carbocycles. The summed E-state index contributed by atoms with van der Waals surface area (Å²) in [4.78, 5) is 44.9. The molecule has 3 atom stereocenters. The van der Waals surface area contributed by atoms with Crippen molar-refractivity contribution in [3.8, 4) is 11.5 Å². The average molecular weight is 866 g/mol. The van der Waals surface area contributed by atoms with Crippen molar-refractivity contribution in [3.63, 3.8) is 0 Å². The summed E-state index contributed by atoms with van der Waals surface area (Å²) in [7, 11) is 1.98. The van der Waals surface area contributed by atoms with E-state index >= 15 is 0 Å². The third-order valence-corrected chi connectivity index (χ3v) is 12.2. The Morgan fingerprint density at radius 1 is 0.859 bits per heavy atom. The van der Waals surface area contributed by atoms with Gasteiger partial charge in [-0.1, -0.05) is 84.9 Å². The number of rotatable bonds is 18. The van der Waals surface area contributed by atoms with Gasteiger partial charge in [0.1, 0.15) is 30.8 Å². The van der Waals surface area contributed by atoms with Crippen LogP contribution in [0, 0.1) is 5.92 Å². The summed E-state index contributed by atoms with van der Waals surface area (Å²) in [6, 6.07) is 38.6. The Bertz CT molecular complexity index is 2560. The van der Waals surface area contributed by atoms with Crippen LogP contribution in [-0.2, 0) is 29.2 Å². The molecule has 5 N–H and O–H groups in total. The van der Waals surface area contributed by atoms with Crippen LogP contribution in [0.2, 0.25) is 0 Å². The molecule has 3 fully saturated rings. The number of aromatic hydroxyl groups is 1. The van der Waals surface area contributed by atoms with E-state index < -0.39 is 24.2 Å². The van der Waals surface area contributed by atoms with Gasteiger partial charge in [0, 0.05) is 44.2 Å². The highest BCUT2D eigenvalue weighted by atomic mass is 16.6. The maximum atomic E-state index is 13.2. The number of fused-ring (bicyclic) bond motifs is 4. The number of alkyl carbamates (subject to hydrolysis) is 1. The maximum absolute atomic E-state index is 13.2. The van der Waals surface area contributed by atoms with Crippen LogP contribution in [-0.4, -0.2) is 89.5 Å². The van der Waals surface area contributed by atoms with E-state index in [-0.39, 0.29) is 30.6 Å². The lowest BCUT2D eigenvalue weighted by atomic mass is 9.86. The number of ether oxygens (including phenoxy) is 3. The minimum Gasteiger partial charge on any atom is -0.506 e. The monoisotopic (exact) mass is 865 g/mol. The molecule has 13 nitrogen and oxygen atoms in total. The number of phenols is 1. The third kappa shape index (κ3) is 11.3. The Balaban J connectivity index is 0.758. The molecular weight excluding hydrogens is 811 g/mol. The van der Waals surface area contributed by atoms with Gasteiger partial charge in [0.25, 0.3) is 0 Å². The number of likely N-dealkylation sites (N-methyl/N-ethyl adjacent to an activating group) is 1. The van der Waals surface area contributed by atoms with Crippen LogP contribution in [0.3, 0.4) is 0 Å². The van der Waals surface area contributed by atoms with Gasteiger partial charge in [-0.25, -0.2) is 9.59 Å². The minimum absolute atomic E-state index is 0.0447. The number of pyridine rings is 1. The molecule has 64 heavy (non-hydrogen) atoms. The van der Waals surface area contributed by atoms with E-state index in [4.69, 9.17) is 14.2 Å². The lowest BCUT2D eigenvalue weighted by Crippen LogP contribution is -2.52. The predicted molar refractivity (Wildman–Crippen MR) is 244 cm³/mol. The number of aliphatic hydroxyl groups is 1. The third-order valence-electron chi connectivity index (χ3n) is 12.2. The highest BCUT2D eigenvalue weighted by Crippen LogP contribution is 2.32. The lowest BCUT2D eigenvalue weighted by Gasteiger charge is -2.43. The van der Waals surface area contributed by atoms with E-state index in [0.717, 1.165) is 60.3 Å². The zero-order chi connectivity index (χ0) is 44.4. The van der Waals surface area contributed by atoms with Crippen molar-refractivity contribution in [1.82, 2.24) is 25.4 Å². The molecule has 13 heteroatoms. The van der Waals surface area contributed by atoms with Crippen LogP contribution < -0.4 is 20.9 Å². The van der Waals surface area contributed by atoms with Gasteiger partial charge in [-0.2, -0.15) is 0 Å². The first-order valence-electron chi connectivity index (χ1n) is 21.9. The number of aromatic amines is 1. The second kappa shape index (κ2) is 20.8. The van der Waals surface area contributed by atoms with Crippen molar-refractivity contribution in [3.05, 3.63) is 177 Å². The SMILES string of the molecule is CN(CCOC(=O)c1ccc(COc2cccc([C@@H](NC(=O)OC3CN4CCC3CC4)c3ccccc3)c2)cc1)Cc1ccc(CNCC(O)c2ccc(O)c3[nH]c(=O)ccc23)cc1. The van der Waals surface area contributed by atoms with Crippen molar-refractivity contribution in [2.45, 2.75) is 50.8 Å². The van der Waals surface area contributed by atoms with Crippen LogP contribution in [0.15, 0.2) is 132 Å². The summed E-state index contributed by atoms with van der Waals surface area (Å²) < 4.78 is 17.8. The van der Waals surface area contributed by atoms with E-state index in [1.54, 1.807) is 24.3 Å². The van der Waals surface area contributed by atoms with Crippen molar-refractivity contribution in [1.29, 1.82) is 0 Å². The molecule has 3 aliphatic heterocycles. The molecule has 5 aromatic carbocycles. The molecule has 0 saturated carbocycles. The standard InChI is InChI=1S/C51H55N5O8/c1-55(31-35-12-10-34(11-13-35)29-52-30-45(58)42-18-20-44(57)49-43(42)19-21-47(59)53-49)26-27-62-50(60)39-16-14-36(15-17-39)33-63-41-9-5-8-40(28-41)48(38-6-3-2-4-7-38)54-51(61)64-46-32-56-24-22-37(46)23-25-56/h2-21,28,37,45-46,48,52,57-58H,22-27,29-33H2,1H3,(H,53,59)(H,54,61)/t45?,46?,48-/m0/s1. The normalized spacial score (nSPS) is 17.8. The van der Waals surface area contributed by atoms with Gasteiger partial charge in [0.05, 0.1) is 23.2 Å². The fourth-order valence-electron chi connectivity index (χ4n) is 8.57. The van der Waals surface area contributed by atoms with Crippen molar-refractivity contribution in [2.75, 3.05) is 46.4 Å². The zero-order valence-corrected chi connectivity index (χ0v) is 36.0. The van der Waals surface area contributed by atoms with Gasteiger partial charge < -0.3 is 40.0 Å². The summed E-state index contributed by atoms with van der Waals surface area (Å²) in [6.07, 6.45) is 0.786. The number of hydrogen-bond donors (Lipinski definition) is 5. The predicted octanol–water partition coefficient (Wildman–Crippen LogP) is 6.83. The van der Waals surface area contributed by atoms with Gasteiger partial charge in [0.15, 0.2) is 0 Å². The second-order valence-electron chi connectivity index (χ2n) is 16.7. The second-order valence-corrected chi connectivity index (χ2v) is 16.7. The number of aromatic nitrogens is 1. The molecule has 1 amide bonds. The first-order valence-corrected chi connectivity index (χ1v) is 21.9. The topological polar surface area (TPSA) is 166 Å². The number of aliphatic hydroxyl groups excluding tert-OH is 1. The first kappa shape index (κ1) is 44.1. The molecule has 3 aliphatic rings. The van der Waals surface area contributed by atoms with Crippen LogP contribution in [0.4, 0.5) is 4.79 Å². The number of piperidine rings is 3. The maximum Gasteiger partial charge on any atom is 0.408 e. The minimum atomic E-state index is -0.839. The number of hydrogen-bond acceptors (Lipinski definition) is 11. The molecule has 3 saturated heterocycles. The number of nitrogens with one attached hydrogen (secondary N) is 3. The number of carbonyl (C=O) groups is 2. The number of H-pyrrole nitrogens is 1. The van der Waals surface area contributed by atoms with E-state index in [1.807, 2.05) is 85.9 Å². The lowest BCUT2D eigenvalue weighted by molar-refractivity contribution is -0.0336. The molecule has 2 bridgehead atoms. The Morgan fingerprint density at radius 3 is 2.34 bits per heavy atom. The summed E-state index contributed by atoms with van der Waals surface area (Å²) in [5, 5.41) is 28.0. The van der Waals surface area contributed by atoms with E-state index in [9.17, 15) is 24.6 Å². The van der Waals surface area contributed by atoms with Crippen molar-refractivity contribution < 1.29 is 34.0 Å². The number of benzene rings is 5. The molecule has 0 radical (unpaired) electrons. The number of nitrogens with zero attached hydrogens (tertiary/aromatic N) is 2. The largest absolute Gasteiger partial charge is 0.506 e. The van der Waals surface area contributed by atoms with Crippen LogP contribution in [0.25, 0.3) is 10.9 Å². The Kier molecular flexibility index (Phi) is 14.3. The highest BCUT2D eigenvalue weighted by Gasteiger charge is 2.37. The fraction of sp³-hybridized carbons (Fsp3) is 0.314. The molecule has 9 rings (SSSR count). The zero-order valence-electron chi connectivity index (χ0n) is 36.0. The number of esters is 1. The van der Waals surface area contributed by atoms with E-state index in [2.05, 4.69) is 37.6 Å². The first-order chi connectivity index (χ1) is 31.1. The van der Waals surface area contributed by atoms with Gasteiger partial charge in [-0.15, -0.1) is 0 Å². The van der Waals surface area contributed by atoms with E-state index in [0.29, 0.717) is 59.9 Å².